The molecule has 0 unspecified atom stereocenters. The van der Waals surface area contributed by atoms with Crippen molar-refractivity contribution in [1.29, 1.82) is 0 Å². The van der Waals surface area contributed by atoms with Gasteiger partial charge in [-0.05, 0) is 42.2 Å². The molecule has 6 heteroatoms. The summed E-state index contributed by atoms with van der Waals surface area (Å²) in [6.07, 6.45) is 1.97. The number of thioether (sulfide) groups is 1. The predicted molar refractivity (Wildman–Crippen MR) is 107 cm³/mol. The van der Waals surface area contributed by atoms with Crippen LogP contribution in [0.2, 0.25) is 0 Å². The van der Waals surface area contributed by atoms with Gasteiger partial charge in [0.25, 0.3) is 0 Å². The largest absolute Gasteiger partial charge is 0.493 e. The molecule has 144 valence electrons. The summed E-state index contributed by atoms with van der Waals surface area (Å²) >= 11 is 1.85. The molecule has 0 saturated carbocycles. The van der Waals surface area contributed by atoms with Crippen LogP contribution in [0.25, 0.3) is 0 Å². The molecule has 1 aliphatic heterocycles. The Kier molecular flexibility index (Phi) is 6.50. The number of amides is 1. The van der Waals surface area contributed by atoms with Crippen molar-refractivity contribution >= 4 is 17.7 Å². The number of rotatable bonds is 7. The van der Waals surface area contributed by atoms with Crippen molar-refractivity contribution in [3.63, 3.8) is 0 Å². The van der Waals surface area contributed by atoms with Gasteiger partial charge in [-0.3, -0.25) is 4.79 Å². The summed E-state index contributed by atoms with van der Waals surface area (Å²) in [7, 11) is 4.76. The van der Waals surface area contributed by atoms with Crippen molar-refractivity contribution in [2.24, 2.45) is 0 Å². The lowest BCUT2D eigenvalue weighted by Crippen LogP contribution is -2.30. The second kappa shape index (κ2) is 9.04. The molecule has 2 aromatic rings. The first-order valence-electron chi connectivity index (χ1n) is 8.96. The summed E-state index contributed by atoms with van der Waals surface area (Å²) in [6, 6.07) is 12.2. The zero-order chi connectivity index (χ0) is 19.2. The lowest BCUT2D eigenvalue weighted by atomic mass is 10.0. The first-order chi connectivity index (χ1) is 13.2. The van der Waals surface area contributed by atoms with E-state index in [0.29, 0.717) is 30.1 Å². The van der Waals surface area contributed by atoms with Crippen LogP contribution >= 0.6 is 11.8 Å². The van der Waals surface area contributed by atoms with Crippen LogP contribution in [0.3, 0.4) is 0 Å². The molecule has 0 radical (unpaired) electrons. The minimum atomic E-state index is 0.0513. The van der Waals surface area contributed by atoms with E-state index in [0.717, 1.165) is 17.7 Å². The summed E-state index contributed by atoms with van der Waals surface area (Å²) < 4.78 is 16.1. The normalized spacial score (nSPS) is 15.6. The molecule has 0 aliphatic carbocycles. The van der Waals surface area contributed by atoms with Gasteiger partial charge in [-0.2, -0.15) is 0 Å². The molecule has 1 amide bonds. The van der Waals surface area contributed by atoms with Gasteiger partial charge >= 0.3 is 0 Å². The highest BCUT2D eigenvalue weighted by Crippen LogP contribution is 2.39. The van der Waals surface area contributed by atoms with Crippen LogP contribution in [-0.4, -0.2) is 33.0 Å². The third-order valence-corrected chi connectivity index (χ3v) is 5.78. The van der Waals surface area contributed by atoms with Crippen molar-refractivity contribution < 1.29 is 19.0 Å². The number of carbonyl (C=O) groups excluding carboxylic acids is 1. The number of nitrogens with one attached hydrogen (secondary N) is 1. The van der Waals surface area contributed by atoms with Gasteiger partial charge < -0.3 is 19.5 Å². The fourth-order valence-corrected chi connectivity index (χ4v) is 4.42. The number of hydrogen-bond donors (Lipinski definition) is 1. The Morgan fingerprint density at radius 3 is 2.48 bits per heavy atom. The molecule has 1 aliphatic rings. The number of ether oxygens (including phenoxy) is 3. The van der Waals surface area contributed by atoms with Gasteiger partial charge in [-0.1, -0.05) is 18.2 Å². The molecule has 1 N–H and O–H groups in total. The second-order valence-corrected chi connectivity index (χ2v) is 7.47. The maximum atomic E-state index is 12.5. The van der Waals surface area contributed by atoms with Crippen molar-refractivity contribution in [3.05, 3.63) is 47.5 Å². The molecular weight excluding hydrogens is 362 g/mol. The molecule has 1 atom stereocenters. The lowest BCUT2D eigenvalue weighted by molar-refractivity contribution is -0.121. The number of fused-ring (bicyclic) bond motifs is 1. The van der Waals surface area contributed by atoms with Crippen molar-refractivity contribution in [3.8, 4) is 17.2 Å². The van der Waals surface area contributed by atoms with Gasteiger partial charge in [0.05, 0.1) is 27.4 Å². The van der Waals surface area contributed by atoms with Crippen LogP contribution in [0.4, 0.5) is 0 Å². The Morgan fingerprint density at radius 2 is 1.81 bits per heavy atom. The first-order valence-corrected chi connectivity index (χ1v) is 9.94. The minimum absolute atomic E-state index is 0.0513. The van der Waals surface area contributed by atoms with Crippen LogP contribution in [0.15, 0.2) is 41.3 Å². The van der Waals surface area contributed by atoms with Crippen LogP contribution < -0.4 is 19.5 Å². The van der Waals surface area contributed by atoms with Crippen molar-refractivity contribution in [2.75, 3.05) is 27.1 Å². The smallest absolute Gasteiger partial charge is 0.220 e. The molecule has 3 rings (SSSR count). The van der Waals surface area contributed by atoms with E-state index in [4.69, 9.17) is 14.2 Å². The van der Waals surface area contributed by atoms with Crippen LogP contribution in [0, 0.1) is 0 Å². The highest BCUT2D eigenvalue weighted by atomic mass is 32.2. The van der Waals surface area contributed by atoms with Crippen molar-refractivity contribution in [2.45, 2.75) is 30.2 Å². The molecular formula is C21H25NO4S. The zero-order valence-corrected chi connectivity index (χ0v) is 16.7. The van der Waals surface area contributed by atoms with Gasteiger partial charge in [0.1, 0.15) is 0 Å². The second-order valence-electron chi connectivity index (χ2n) is 6.33. The average molecular weight is 388 g/mol. The highest BCUT2D eigenvalue weighted by molar-refractivity contribution is 7.99. The molecule has 27 heavy (non-hydrogen) atoms. The van der Waals surface area contributed by atoms with Gasteiger partial charge in [-0.15, -0.1) is 11.8 Å². The lowest BCUT2D eigenvalue weighted by Gasteiger charge is -2.26. The fraction of sp³-hybridized carbons (Fsp3) is 0.381. The Bertz CT molecular complexity index is 784. The summed E-state index contributed by atoms with van der Waals surface area (Å²) in [4.78, 5) is 13.8. The third-order valence-electron chi connectivity index (χ3n) is 4.66. The molecule has 0 aromatic heterocycles. The third kappa shape index (κ3) is 4.50. The molecule has 0 fully saturated rings. The first kappa shape index (κ1) is 19.4. The molecule has 0 bridgehead atoms. The average Bonchev–Trinajstić information content (AvgIpc) is 2.71. The van der Waals surface area contributed by atoms with E-state index in [-0.39, 0.29) is 11.9 Å². The monoisotopic (exact) mass is 387 g/mol. The van der Waals surface area contributed by atoms with E-state index in [2.05, 4.69) is 17.4 Å². The van der Waals surface area contributed by atoms with Gasteiger partial charge in [0.2, 0.25) is 11.7 Å². The number of aryl methyl sites for hydroxylation is 1. The predicted octanol–water partition coefficient (Wildman–Crippen LogP) is 4.00. The van der Waals surface area contributed by atoms with Gasteiger partial charge in [-0.25, -0.2) is 0 Å². The summed E-state index contributed by atoms with van der Waals surface area (Å²) in [5, 5.41) is 3.19. The molecule has 1 heterocycles. The molecule has 0 spiro atoms. The van der Waals surface area contributed by atoms with Crippen LogP contribution in [-0.2, 0) is 11.2 Å². The Hall–Kier alpha value is -2.34. The molecule has 0 saturated heterocycles. The number of hydrogen-bond acceptors (Lipinski definition) is 5. The number of benzene rings is 2. The van der Waals surface area contributed by atoms with E-state index in [9.17, 15) is 4.79 Å². The van der Waals surface area contributed by atoms with E-state index < -0.39 is 0 Å². The number of methoxy groups -OCH3 is 3. The van der Waals surface area contributed by atoms with Gasteiger partial charge in [0, 0.05) is 17.1 Å². The Morgan fingerprint density at radius 1 is 1.11 bits per heavy atom. The van der Waals surface area contributed by atoms with E-state index in [1.807, 2.05) is 36.0 Å². The van der Waals surface area contributed by atoms with E-state index >= 15 is 0 Å². The SMILES string of the molecule is COc1cc(CCC(=O)N[C@H]2CCSc3ccccc32)cc(OC)c1OC. The Labute approximate surface area is 164 Å². The van der Waals surface area contributed by atoms with Crippen LogP contribution in [0.1, 0.15) is 30.0 Å². The number of carbonyl (C=O) groups is 1. The van der Waals surface area contributed by atoms with E-state index in [1.54, 1.807) is 21.3 Å². The van der Waals surface area contributed by atoms with Crippen molar-refractivity contribution in [1.82, 2.24) is 5.32 Å². The summed E-state index contributed by atoms with van der Waals surface area (Å²) in [5.74, 6) is 2.84. The quantitative estimate of drug-likeness (QED) is 0.778. The highest BCUT2D eigenvalue weighted by Gasteiger charge is 2.22. The van der Waals surface area contributed by atoms with E-state index in [1.165, 1.54) is 10.5 Å². The maximum Gasteiger partial charge on any atom is 0.220 e. The molecule has 2 aromatic carbocycles. The Balaban J connectivity index is 1.65. The minimum Gasteiger partial charge on any atom is -0.493 e. The maximum absolute atomic E-state index is 12.5. The standard InChI is InChI=1S/C21H25NO4S/c1-24-17-12-14(13-18(25-2)21(17)26-3)8-9-20(23)22-16-10-11-27-19-7-5-4-6-15(16)19/h4-7,12-13,16H,8-11H2,1-3H3,(H,22,23)/t16-/m0/s1. The fourth-order valence-electron chi connectivity index (χ4n) is 3.30. The molecule has 5 nitrogen and oxygen atoms in total. The zero-order valence-electron chi connectivity index (χ0n) is 15.9. The van der Waals surface area contributed by atoms with Crippen LogP contribution in [0.5, 0.6) is 17.2 Å². The topological polar surface area (TPSA) is 56.8 Å². The summed E-state index contributed by atoms with van der Waals surface area (Å²) in [6.45, 7) is 0. The summed E-state index contributed by atoms with van der Waals surface area (Å²) in [5.41, 5.74) is 2.19. The van der Waals surface area contributed by atoms with Gasteiger partial charge in [0.15, 0.2) is 11.5 Å².